The molecule has 0 fully saturated rings. The maximum atomic E-state index is 13.9. The van der Waals surface area contributed by atoms with E-state index in [4.69, 9.17) is 17.3 Å². The Balaban J connectivity index is 1.86. The van der Waals surface area contributed by atoms with Crippen molar-refractivity contribution in [2.45, 2.75) is 0 Å². The molecule has 1 heterocycles. The lowest BCUT2D eigenvalue weighted by atomic mass is 10.1. The number of rotatable bonds is 3. The molecule has 0 bridgehead atoms. The summed E-state index contributed by atoms with van der Waals surface area (Å²) in [4.78, 5) is 16.2. The molecule has 4 nitrogen and oxygen atoms in total. The topological polar surface area (TPSA) is 68.0 Å². The molecule has 7 heteroatoms. The van der Waals surface area contributed by atoms with Gasteiger partial charge in [0.2, 0.25) is 0 Å². The lowest BCUT2D eigenvalue weighted by Gasteiger charge is -2.10. The van der Waals surface area contributed by atoms with E-state index < -0.39 is 17.5 Å². The van der Waals surface area contributed by atoms with Gasteiger partial charge in [0.25, 0.3) is 5.91 Å². The molecule has 1 amide bonds. The maximum Gasteiger partial charge on any atom is 0.256 e. The Morgan fingerprint density at radius 2 is 1.72 bits per heavy atom. The van der Waals surface area contributed by atoms with Gasteiger partial charge in [-0.15, -0.1) is 0 Å². The molecule has 3 N–H and O–H groups in total. The molecule has 0 radical (unpaired) electrons. The van der Waals surface area contributed by atoms with E-state index in [0.717, 1.165) is 18.2 Å². The Hall–Kier alpha value is -2.99. The number of nitrogens with zero attached hydrogens (tertiary/aromatic N) is 1. The van der Waals surface area contributed by atoms with Crippen molar-refractivity contribution in [2.24, 2.45) is 0 Å². The molecule has 0 atom stereocenters. The Morgan fingerprint density at radius 3 is 2.40 bits per heavy atom. The second-order valence-electron chi connectivity index (χ2n) is 5.21. The molecule has 126 valence electrons. The molecule has 0 aliphatic carbocycles. The van der Waals surface area contributed by atoms with Crippen LogP contribution in [0.1, 0.15) is 10.4 Å². The lowest BCUT2D eigenvalue weighted by molar-refractivity contribution is 0.102. The first-order valence-corrected chi connectivity index (χ1v) is 7.61. The van der Waals surface area contributed by atoms with Crippen LogP contribution >= 0.6 is 11.6 Å². The predicted molar refractivity (Wildman–Crippen MR) is 93.4 cm³/mol. The molecule has 0 saturated carbocycles. The molecule has 0 saturated heterocycles. The third-order valence-corrected chi connectivity index (χ3v) is 3.74. The Morgan fingerprint density at radius 1 is 1.00 bits per heavy atom. The smallest absolute Gasteiger partial charge is 0.256 e. The van der Waals surface area contributed by atoms with Crippen LogP contribution in [-0.2, 0) is 0 Å². The van der Waals surface area contributed by atoms with Gasteiger partial charge in [-0.3, -0.25) is 4.79 Å². The number of benzene rings is 2. The molecule has 0 unspecified atom stereocenters. The van der Waals surface area contributed by atoms with E-state index in [1.807, 2.05) is 0 Å². The summed E-state index contributed by atoms with van der Waals surface area (Å²) >= 11 is 5.78. The molecule has 0 spiro atoms. The minimum Gasteiger partial charge on any atom is -0.383 e. The van der Waals surface area contributed by atoms with Crippen molar-refractivity contribution in [1.82, 2.24) is 4.98 Å². The highest BCUT2D eigenvalue weighted by molar-refractivity contribution is 6.30. The standard InChI is InChI=1S/C18H12ClF2N3O/c19-11-3-1-10(2-4-11)18(25)24-16-8-6-13(17(22)23-16)14-9-12(20)5-7-15(14)21/h1-9H,(H3,22,23,24,25). The number of carbonyl (C=O) groups is 1. The Bertz CT molecular complexity index is 946. The van der Waals surface area contributed by atoms with Crippen LogP contribution in [0.5, 0.6) is 0 Å². The third-order valence-electron chi connectivity index (χ3n) is 3.49. The van der Waals surface area contributed by atoms with E-state index in [9.17, 15) is 13.6 Å². The molecule has 3 aromatic rings. The first-order chi connectivity index (χ1) is 11.9. The van der Waals surface area contributed by atoms with Crippen LogP contribution in [0.3, 0.4) is 0 Å². The molecule has 2 aromatic carbocycles. The number of amides is 1. The summed E-state index contributed by atoms with van der Waals surface area (Å²) in [7, 11) is 0. The SMILES string of the molecule is Nc1nc(NC(=O)c2ccc(Cl)cc2)ccc1-c1cc(F)ccc1F. The van der Waals surface area contributed by atoms with Gasteiger partial charge in [-0.25, -0.2) is 13.8 Å². The zero-order valence-corrected chi connectivity index (χ0v) is 13.5. The Kier molecular flexibility index (Phi) is 4.63. The minimum atomic E-state index is -0.618. The largest absolute Gasteiger partial charge is 0.383 e. The summed E-state index contributed by atoms with van der Waals surface area (Å²) in [5, 5.41) is 3.10. The van der Waals surface area contributed by atoms with Crippen LogP contribution in [0.4, 0.5) is 20.4 Å². The normalized spacial score (nSPS) is 10.5. The van der Waals surface area contributed by atoms with Gasteiger partial charge in [0.15, 0.2) is 0 Å². The fourth-order valence-electron chi connectivity index (χ4n) is 2.27. The number of nitrogens with two attached hydrogens (primary N) is 1. The van der Waals surface area contributed by atoms with Crippen molar-refractivity contribution in [1.29, 1.82) is 0 Å². The number of anilines is 2. The number of nitrogen functional groups attached to an aromatic ring is 1. The van der Waals surface area contributed by atoms with Crippen molar-refractivity contribution in [3.8, 4) is 11.1 Å². The summed E-state index contributed by atoms with van der Waals surface area (Å²) in [5.74, 6) is -1.44. The molecule has 3 rings (SSSR count). The summed E-state index contributed by atoms with van der Waals surface area (Å²) in [6, 6.07) is 12.3. The van der Waals surface area contributed by atoms with Gasteiger partial charge in [0.1, 0.15) is 23.3 Å². The van der Waals surface area contributed by atoms with Crippen molar-refractivity contribution in [3.05, 3.63) is 76.8 Å². The highest BCUT2D eigenvalue weighted by Crippen LogP contribution is 2.29. The number of pyridine rings is 1. The number of hydrogen-bond acceptors (Lipinski definition) is 3. The third kappa shape index (κ3) is 3.75. The zero-order valence-electron chi connectivity index (χ0n) is 12.8. The highest BCUT2D eigenvalue weighted by atomic mass is 35.5. The molecule has 25 heavy (non-hydrogen) atoms. The molecule has 1 aromatic heterocycles. The lowest BCUT2D eigenvalue weighted by Crippen LogP contribution is -2.13. The summed E-state index contributed by atoms with van der Waals surface area (Å²) in [5.41, 5.74) is 6.47. The van der Waals surface area contributed by atoms with Gasteiger partial charge in [-0.2, -0.15) is 0 Å². The quantitative estimate of drug-likeness (QED) is 0.722. The van der Waals surface area contributed by atoms with Gasteiger partial charge >= 0.3 is 0 Å². The van der Waals surface area contributed by atoms with Gasteiger partial charge in [-0.1, -0.05) is 11.6 Å². The van der Waals surface area contributed by atoms with Crippen LogP contribution in [0.15, 0.2) is 54.6 Å². The number of carbonyl (C=O) groups excluding carboxylic acids is 1. The predicted octanol–water partition coefficient (Wildman–Crippen LogP) is 4.51. The number of halogens is 3. The van der Waals surface area contributed by atoms with Crippen LogP contribution < -0.4 is 11.1 Å². The fraction of sp³-hybridized carbons (Fsp3) is 0. The molecular formula is C18H12ClF2N3O. The first-order valence-electron chi connectivity index (χ1n) is 7.23. The van der Waals surface area contributed by atoms with Gasteiger partial charge in [-0.05, 0) is 54.6 Å². The van der Waals surface area contributed by atoms with E-state index in [2.05, 4.69) is 10.3 Å². The summed E-state index contributed by atoms with van der Waals surface area (Å²) < 4.78 is 27.2. The first kappa shape index (κ1) is 16.9. The van der Waals surface area contributed by atoms with E-state index >= 15 is 0 Å². The summed E-state index contributed by atoms with van der Waals surface area (Å²) in [6.07, 6.45) is 0. The van der Waals surface area contributed by atoms with Crippen LogP contribution in [-0.4, -0.2) is 10.9 Å². The van der Waals surface area contributed by atoms with Crippen LogP contribution in [0.25, 0.3) is 11.1 Å². The van der Waals surface area contributed by atoms with Gasteiger partial charge in [0, 0.05) is 21.7 Å². The second kappa shape index (κ2) is 6.86. The van der Waals surface area contributed by atoms with Gasteiger partial charge < -0.3 is 11.1 Å². The number of aromatic nitrogens is 1. The van der Waals surface area contributed by atoms with Crippen LogP contribution in [0.2, 0.25) is 5.02 Å². The Labute approximate surface area is 147 Å². The molecule has 0 aliphatic rings. The van der Waals surface area contributed by atoms with Crippen molar-refractivity contribution in [3.63, 3.8) is 0 Å². The van der Waals surface area contributed by atoms with Crippen LogP contribution in [0, 0.1) is 11.6 Å². The monoisotopic (exact) mass is 359 g/mol. The van der Waals surface area contributed by atoms with E-state index in [1.54, 1.807) is 24.3 Å². The van der Waals surface area contributed by atoms with Crippen molar-refractivity contribution >= 4 is 29.1 Å². The number of hydrogen-bond donors (Lipinski definition) is 2. The van der Waals surface area contributed by atoms with E-state index in [0.29, 0.717) is 10.6 Å². The zero-order chi connectivity index (χ0) is 18.0. The van der Waals surface area contributed by atoms with E-state index in [1.165, 1.54) is 12.1 Å². The van der Waals surface area contributed by atoms with Crippen molar-refractivity contribution < 1.29 is 13.6 Å². The average molecular weight is 360 g/mol. The average Bonchev–Trinajstić information content (AvgIpc) is 2.58. The fourth-order valence-corrected chi connectivity index (χ4v) is 2.39. The highest BCUT2D eigenvalue weighted by Gasteiger charge is 2.13. The minimum absolute atomic E-state index is 0.000535. The molecule has 0 aliphatic heterocycles. The van der Waals surface area contributed by atoms with E-state index in [-0.39, 0.29) is 22.8 Å². The van der Waals surface area contributed by atoms with Crippen molar-refractivity contribution in [2.75, 3.05) is 11.1 Å². The number of nitrogens with one attached hydrogen (secondary N) is 1. The maximum absolute atomic E-state index is 13.9. The second-order valence-corrected chi connectivity index (χ2v) is 5.65. The van der Waals surface area contributed by atoms with Gasteiger partial charge in [0.05, 0.1) is 0 Å². The molecular weight excluding hydrogens is 348 g/mol. The summed E-state index contributed by atoms with van der Waals surface area (Å²) in [6.45, 7) is 0.